The number of hydrogen-bond acceptors (Lipinski definition) is 2. The Bertz CT molecular complexity index is 480. The average molecular weight is 207 g/mol. The summed E-state index contributed by atoms with van der Waals surface area (Å²) >= 11 is 5.96. The molecule has 2 nitrogen and oxygen atoms in total. The Labute approximate surface area is 87.7 Å². The van der Waals surface area contributed by atoms with Gasteiger partial charge in [0.15, 0.2) is 0 Å². The predicted octanol–water partition coefficient (Wildman–Crippen LogP) is 3.03. The molecule has 0 spiro atoms. The molecule has 0 radical (unpaired) electrons. The van der Waals surface area contributed by atoms with E-state index in [1.807, 2.05) is 6.07 Å². The quantitative estimate of drug-likeness (QED) is 0.729. The van der Waals surface area contributed by atoms with Crippen LogP contribution in [0.1, 0.15) is 12.5 Å². The van der Waals surface area contributed by atoms with Gasteiger partial charge in [0.2, 0.25) is 0 Å². The highest BCUT2D eigenvalue weighted by atomic mass is 35.5. The van der Waals surface area contributed by atoms with Gasteiger partial charge in [-0.15, -0.1) is 0 Å². The lowest BCUT2D eigenvalue weighted by molar-refractivity contribution is 1.15. The zero-order valence-electron chi connectivity index (χ0n) is 7.92. The third-order valence-corrected chi connectivity index (χ3v) is 2.64. The molecule has 0 fully saturated rings. The predicted molar refractivity (Wildman–Crippen MR) is 60.5 cm³/mol. The maximum absolute atomic E-state index is 5.96. The fourth-order valence-corrected chi connectivity index (χ4v) is 1.71. The third-order valence-electron chi connectivity index (χ3n) is 2.34. The summed E-state index contributed by atoms with van der Waals surface area (Å²) in [7, 11) is 0. The Morgan fingerprint density at radius 2 is 2.14 bits per heavy atom. The first-order chi connectivity index (χ1) is 6.72. The molecule has 0 saturated heterocycles. The summed E-state index contributed by atoms with van der Waals surface area (Å²) in [5, 5.41) is 2.42. The largest absolute Gasteiger partial charge is 0.397 e. The van der Waals surface area contributed by atoms with Gasteiger partial charge in [0.1, 0.15) is 5.15 Å². The Kier molecular flexibility index (Phi) is 2.30. The van der Waals surface area contributed by atoms with E-state index in [1.165, 1.54) is 5.56 Å². The van der Waals surface area contributed by atoms with Crippen LogP contribution in [-0.2, 0) is 6.42 Å². The zero-order valence-corrected chi connectivity index (χ0v) is 8.67. The SMILES string of the molecule is CCc1ccc2c(Cl)ncc(N)c2c1. The van der Waals surface area contributed by atoms with Gasteiger partial charge in [0.05, 0.1) is 11.9 Å². The van der Waals surface area contributed by atoms with Crippen LogP contribution in [0.25, 0.3) is 10.8 Å². The molecule has 0 aliphatic heterocycles. The molecule has 14 heavy (non-hydrogen) atoms. The minimum atomic E-state index is 0.511. The highest BCUT2D eigenvalue weighted by molar-refractivity contribution is 6.34. The van der Waals surface area contributed by atoms with Crippen molar-refractivity contribution in [3.05, 3.63) is 35.1 Å². The minimum Gasteiger partial charge on any atom is -0.397 e. The first kappa shape index (κ1) is 9.28. The highest BCUT2D eigenvalue weighted by Crippen LogP contribution is 2.26. The lowest BCUT2D eigenvalue weighted by Crippen LogP contribution is -1.91. The standard InChI is InChI=1S/C11H11ClN2/c1-2-7-3-4-8-9(5-7)10(13)6-14-11(8)12/h3-6H,2,13H2,1H3. The number of halogens is 1. The van der Waals surface area contributed by atoms with Crippen molar-refractivity contribution >= 4 is 28.1 Å². The van der Waals surface area contributed by atoms with Crippen molar-refractivity contribution in [1.29, 1.82) is 0 Å². The van der Waals surface area contributed by atoms with Crippen LogP contribution in [0.2, 0.25) is 5.15 Å². The summed E-state index contributed by atoms with van der Waals surface area (Å²) in [6.45, 7) is 2.11. The Morgan fingerprint density at radius 1 is 1.36 bits per heavy atom. The fourth-order valence-electron chi connectivity index (χ4n) is 1.50. The second kappa shape index (κ2) is 3.46. The van der Waals surface area contributed by atoms with E-state index in [2.05, 4.69) is 24.0 Å². The van der Waals surface area contributed by atoms with E-state index in [0.717, 1.165) is 17.2 Å². The van der Waals surface area contributed by atoms with Crippen LogP contribution >= 0.6 is 11.6 Å². The van der Waals surface area contributed by atoms with Crippen LogP contribution in [0.15, 0.2) is 24.4 Å². The molecule has 0 aliphatic carbocycles. The van der Waals surface area contributed by atoms with Gasteiger partial charge in [-0.2, -0.15) is 0 Å². The number of benzene rings is 1. The van der Waals surface area contributed by atoms with Crippen molar-refractivity contribution in [2.24, 2.45) is 0 Å². The molecule has 0 aliphatic rings. The molecule has 3 heteroatoms. The molecular formula is C11H11ClN2. The van der Waals surface area contributed by atoms with Crippen LogP contribution in [0.4, 0.5) is 5.69 Å². The van der Waals surface area contributed by atoms with E-state index >= 15 is 0 Å². The molecule has 0 saturated carbocycles. The van der Waals surface area contributed by atoms with E-state index in [4.69, 9.17) is 17.3 Å². The van der Waals surface area contributed by atoms with Crippen LogP contribution in [-0.4, -0.2) is 4.98 Å². The summed E-state index contributed by atoms with van der Waals surface area (Å²) in [5.74, 6) is 0. The molecular weight excluding hydrogens is 196 g/mol. The molecule has 1 aromatic heterocycles. The summed E-state index contributed by atoms with van der Waals surface area (Å²) in [4.78, 5) is 4.00. The molecule has 0 atom stereocenters. The Balaban J connectivity index is 2.80. The Morgan fingerprint density at radius 3 is 2.86 bits per heavy atom. The van der Waals surface area contributed by atoms with Crippen LogP contribution in [0.3, 0.4) is 0 Å². The first-order valence-corrected chi connectivity index (χ1v) is 4.92. The van der Waals surface area contributed by atoms with Gasteiger partial charge in [-0.3, -0.25) is 0 Å². The smallest absolute Gasteiger partial charge is 0.136 e. The number of fused-ring (bicyclic) bond motifs is 1. The maximum Gasteiger partial charge on any atom is 0.136 e. The Hall–Kier alpha value is -1.28. The van der Waals surface area contributed by atoms with Crippen molar-refractivity contribution < 1.29 is 0 Å². The van der Waals surface area contributed by atoms with Crippen molar-refractivity contribution in [2.75, 3.05) is 5.73 Å². The van der Waals surface area contributed by atoms with E-state index in [0.29, 0.717) is 10.8 Å². The van der Waals surface area contributed by atoms with Gasteiger partial charge < -0.3 is 5.73 Å². The summed E-state index contributed by atoms with van der Waals surface area (Å²) in [5.41, 5.74) is 7.76. The second-order valence-electron chi connectivity index (χ2n) is 3.24. The monoisotopic (exact) mass is 206 g/mol. The van der Waals surface area contributed by atoms with Gasteiger partial charge >= 0.3 is 0 Å². The molecule has 1 heterocycles. The number of anilines is 1. The van der Waals surface area contributed by atoms with E-state index in [9.17, 15) is 0 Å². The minimum absolute atomic E-state index is 0.511. The van der Waals surface area contributed by atoms with Crippen LogP contribution in [0.5, 0.6) is 0 Å². The lowest BCUT2D eigenvalue weighted by atomic mass is 10.1. The van der Waals surface area contributed by atoms with Crippen LogP contribution < -0.4 is 5.73 Å². The number of rotatable bonds is 1. The highest BCUT2D eigenvalue weighted by Gasteiger charge is 2.03. The van der Waals surface area contributed by atoms with Crippen molar-refractivity contribution in [2.45, 2.75) is 13.3 Å². The molecule has 72 valence electrons. The van der Waals surface area contributed by atoms with Crippen molar-refractivity contribution in [3.8, 4) is 0 Å². The zero-order chi connectivity index (χ0) is 10.1. The van der Waals surface area contributed by atoms with E-state index < -0.39 is 0 Å². The van der Waals surface area contributed by atoms with Gasteiger partial charge in [0, 0.05) is 10.8 Å². The summed E-state index contributed by atoms with van der Waals surface area (Å²) < 4.78 is 0. The van der Waals surface area contributed by atoms with Gasteiger partial charge in [-0.1, -0.05) is 30.7 Å². The van der Waals surface area contributed by atoms with E-state index in [-0.39, 0.29) is 0 Å². The first-order valence-electron chi connectivity index (χ1n) is 4.55. The molecule has 1 aromatic carbocycles. The normalized spacial score (nSPS) is 10.7. The number of aryl methyl sites for hydroxylation is 1. The summed E-state index contributed by atoms with van der Waals surface area (Å²) in [6.07, 6.45) is 2.60. The van der Waals surface area contributed by atoms with E-state index in [1.54, 1.807) is 6.20 Å². The number of nitrogen functional groups attached to an aromatic ring is 1. The second-order valence-corrected chi connectivity index (χ2v) is 3.60. The van der Waals surface area contributed by atoms with Gasteiger partial charge in [-0.25, -0.2) is 4.98 Å². The van der Waals surface area contributed by atoms with Crippen molar-refractivity contribution in [1.82, 2.24) is 4.98 Å². The average Bonchev–Trinajstić information content (AvgIpc) is 2.23. The molecule has 2 aromatic rings. The lowest BCUT2D eigenvalue weighted by Gasteiger charge is -2.05. The molecule has 0 amide bonds. The number of aromatic nitrogens is 1. The molecule has 2 N–H and O–H groups in total. The van der Waals surface area contributed by atoms with Gasteiger partial charge in [-0.05, 0) is 18.1 Å². The number of nitrogens with zero attached hydrogens (tertiary/aromatic N) is 1. The topological polar surface area (TPSA) is 38.9 Å². The maximum atomic E-state index is 5.96. The number of hydrogen-bond donors (Lipinski definition) is 1. The van der Waals surface area contributed by atoms with Gasteiger partial charge in [0.25, 0.3) is 0 Å². The van der Waals surface area contributed by atoms with Crippen LogP contribution in [0, 0.1) is 0 Å². The molecule has 0 unspecified atom stereocenters. The number of pyridine rings is 1. The molecule has 2 rings (SSSR count). The third kappa shape index (κ3) is 1.42. The number of nitrogens with two attached hydrogens (primary N) is 1. The summed E-state index contributed by atoms with van der Waals surface area (Å²) in [6, 6.07) is 6.09. The molecule has 0 bridgehead atoms. The van der Waals surface area contributed by atoms with Crippen molar-refractivity contribution in [3.63, 3.8) is 0 Å². The fraction of sp³-hybridized carbons (Fsp3) is 0.182.